The molecule has 7 nitrogen and oxygen atoms in total. The summed E-state index contributed by atoms with van der Waals surface area (Å²) in [6, 6.07) is 11.0. The average Bonchev–Trinajstić information content (AvgIpc) is 3.57. The Hall–Kier alpha value is -2.65. The zero-order valence-corrected chi connectivity index (χ0v) is 22.1. The molecule has 5 rings (SSSR count). The maximum absolute atomic E-state index is 14.0. The number of halogens is 2. The van der Waals surface area contributed by atoms with Gasteiger partial charge in [0.1, 0.15) is 11.5 Å². The van der Waals surface area contributed by atoms with E-state index in [1.54, 1.807) is 7.11 Å². The minimum absolute atomic E-state index is 0.108. The van der Waals surface area contributed by atoms with Gasteiger partial charge in [-0.05, 0) is 42.3 Å². The summed E-state index contributed by atoms with van der Waals surface area (Å²) in [5.74, 6) is 0.551. The number of thiazole rings is 1. The summed E-state index contributed by atoms with van der Waals surface area (Å²) < 4.78 is 5.67. The predicted molar refractivity (Wildman–Crippen MR) is 142 cm³/mol. The first-order chi connectivity index (χ1) is 16.8. The molecule has 4 aromatic rings. The summed E-state index contributed by atoms with van der Waals surface area (Å²) >= 11 is 14.1. The Morgan fingerprint density at radius 2 is 2.03 bits per heavy atom. The van der Waals surface area contributed by atoms with Crippen molar-refractivity contribution in [2.75, 3.05) is 32.6 Å². The molecule has 2 atom stereocenters. The molecule has 2 aromatic heterocycles. The lowest BCUT2D eigenvalue weighted by atomic mass is 10.1. The number of rotatable bonds is 5. The number of anilines is 1. The highest BCUT2D eigenvalue weighted by Crippen LogP contribution is 2.40. The first-order valence-corrected chi connectivity index (χ1v) is 12.8. The van der Waals surface area contributed by atoms with Crippen molar-refractivity contribution in [3.8, 4) is 10.4 Å². The summed E-state index contributed by atoms with van der Waals surface area (Å²) in [7, 11) is 5.50. The zero-order chi connectivity index (χ0) is 24.9. The smallest absolute Gasteiger partial charge is 0.274 e. The molecule has 35 heavy (non-hydrogen) atoms. The molecular formula is C25H25Cl2N5O2S. The van der Waals surface area contributed by atoms with Crippen molar-refractivity contribution >= 4 is 56.6 Å². The molecule has 182 valence electrons. The predicted octanol–water partition coefficient (Wildman–Crippen LogP) is 5.97. The quantitative estimate of drug-likeness (QED) is 0.344. The number of carbonyl (C=O) groups excluding carboxylic acids is 1. The number of nitrogens with zero attached hydrogens (tertiary/aromatic N) is 4. The number of imidazole rings is 1. The second kappa shape index (κ2) is 9.43. The fraction of sp³-hybridized carbons (Fsp3) is 0.320. The van der Waals surface area contributed by atoms with Gasteiger partial charge >= 0.3 is 0 Å². The van der Waals surface area contributed by atoms with Crippen molar-refractivity contribution in [3.05, 3.63) is 63.5 Å². The van der Waals surface area contributed by atoms with Gasteiger partial charge in [-0.1, -0.05) is 46.7 Å². The van der Waals surface area contributed by atoms with Gasteiger partial charge in [-0.25, -0.2) is 9.97 Å². The van der Waals surface area contributed by atoms with Crippen LogP contribution in [0.1, 0.15) is 34.3 Å². The number of H-pyrrole nitrogens is 1. The van der Waals surface area contributed by atoms with Crippen LogP contribution < -0.4 is 4.90 Å². The average molecular weight is 530 g/mol. The molecule has 0 unspecified atom stereocenters. The van der Waals surface area contributed by atoms with Crippen LogP contribution in [0.5, 0.6) is 0 Å². The number of hydrogen-bond acceptors (Lipinski definition) is 6. The lowest BCUT2D eigenvalue weighted by molar-refractivity contribution is 0.0680. The van der Waals surface area contributed by atoms with E-state index in [9.17, 15) is 4.79 Å². The Morgan fingerprint density at radius 1 is 1.23 bits per heavy atom. The molecule has 1 saturated heterocycles. The summed E-state index contributed by atoms with van der Waals surface area (Å²) in [4.78, 5) is 31.5. The number of hydrogen-bond donors (Lipinski definition) is 1. The molecule has 1 amide bonds. The largest absolute Gasteiger partial charge is 0.380 e. The third-order valence-corrected chi connectivity index (χ3v) is 8.24. The van der Waals surface area contributed by atoms with Crippen molar-refractivity contribution in [1.29, 1.82) is 0 Å². The SMILES string of the molecule is CO[C@@H]1C[C@@H](c2nc3c(C)c(Cl)ccc3[nH]2)N(C(=O)c2nc(N(C)C)sc2-c2cccc(Cl)c2)C1. The van der Waals surface area contributed by atoms with Gasteiger partial charge in [0.05, 0.1) is 28.1 Å². The number of aromatic nitrogens is 3. The van der Waals surface area contributed by atoms with Crippen LogP contribution in [0.15, 0.2) is 36.4 Å². The topological polar surface area (TPSA) is 74.3 Å². The van der Waals surface area contributed by atoms with Gasteiger partial charge in [-0.15, -0.1) is 0 Å². The molecule has 3 heterocycles. The molecule has 0 radical (unpaired) electrons. The van der Waals surface area contributed by atoms with Crippen LogP contribution in [-0.4, -0.2) is 59.6 Å². The van der Waals surface area contributed by atoms with Crippen molar-refractivity contribution in [1.82, 2.24) is 19.9 Å². The Kier molecular flexibility index (Phi) is 6.48. The van der Waals surface area contributed by atoms with Crippen LogP contribution in [0.4, 0.5) is 5.13 Å². The van der Waals surface area contributed by atoms with E-state index in [0.29, 0.717) is 34.5 Å². The van der Waals surface area contributed by atoms with Gasteiger partial charge in [0.2, 0.25) is 0 Å². The van der Waals surface area contributed by atoms with Crippen LogP contribution in [0, 0.1) is 6.92 Å². The van der Waals surface area contributed by atoms with Gasteiger partial charge in [-0.3, -0.25) is 4.79 Å². The summed E-state index contributed by atoms with van der Waals surface area (Å²) in [6.45, 7) is 2.39. The van der Waals surface area contributed by atoms with E-state index in [0.717, 1.165) is 32.2 Å². The number of fused-ring (bicyclic) bond motifs is 1. The van der Waals surface area contributed by atoms with Crippen molar-refractivity contribution in [2.24, 2.45) is 0 Å². The molecule has 0 aliphatic carbocycles. The van der Waals surface area contributed by atoms with Gasteiger partial charge in [-0.2, -0.15) is 0 Å². The fourth-order valence-corrected chi connectivity index (χ4v) is 5.74. The van der Waals surface area contributed by atoms with E-state index in [4.69, 9.17) is 37.9 Å². The number of aryl methyl sites for hydroxylation is 1. The monoisotopic (exact) mass is 529 g/mol. The number of methoxy groups -OCH3 is 1. The molecule has 10 heteroatoms. The molecule has 0 bridgehead atoms. The summed E-state index contributed by atoms with van der Waals surface area (Å²) in [5, 5.41) is 2.02. The molecule has 1 aliphatic heterocycles. The molecular weight excluding hydrogens is 505 g/mol. The number of benzene rings is 2. The Bertz CT molecular complexity index is 1420. The fourth-order valence-electron chi connectivity index (χ4n) is 4.42. The number of aromatic amines is 1. The third-order valence-electron chi connectivity index (χ3n) is 6.32. The van der Waals surface area contributed by atoms with Gasteiger partial charge < -0.3 is 19.5 Å². The van der Waals surface area contributed by atoms with E-state index in [1.165, 1.54) is 11.3 Å². The highest BCUT2D eigenvalue weighted by molar-refractivity contribution is 7.19. The highest BCUT2D eigenvalue weighted by atomic mass is 35.5. The maximum Gasteiger partial charge on any atom is 0.274 e. The van der Waals surface area contributed by atoms with Gasteiger partial charge in [0.25, 0.3) is 5.91 Å². The summed E-state index contributed by atoms with van der Waals surface area (Å²) in [6.07, 6.45) is 0.523. The van der Waals surface area contributed by atoms with E-state index < -0.39 is 0 Å². The second-order valence-electron chi connectivity index (χ2n) is 8.84. The number of amides is 1. The van der Waals surface area contributed by atoms with E-state index in [2.05, 4.69) is 4.98 Å². The third kappa shape index (κ3) is 4.40. The number of carbonyl (C=O) groups is 1. The lowest BCUT2D eigenvalue weighted by Gasteiger charge is -2.22. The van der Waals surface area contributed by atoms with Crippen LogP contribution in [-0.2, 0) is 4.74 Å². The van der Waals surface area contributed by atoms with E-state index >= 15 is 0 Å². The number of likely N-dealkylation sites (tertiary alicyclic amines) is 1. The number of nitrogens with one attached hydrogen (secondary N) is 1. The second-order valence-corrected chi connectivity index (χ2v) is 10.7. The van der Waals surface area contributed by atoms with E-state index in [-0.39, 0.29) is 18.1 Å². The molecule has 1 aliphatic rings. The van der Waals surface area contributed by atoms with Crippen molar-refractivity contribution in [3.63, 3.8) is 0 Å². The molecule has 0 saturated carbocycles. The maximum atomic E-state index is 14.0. The highest BCUT2D eigenvalue weighted by Gasteiger charge is 2.40. The minimum Gasteiger partial charge on any atom is -0.380 e. The molecule has 1 N–H and O–H groups in total. The molecule has 2 aromatic carbocycles. The summed E-state index contributed by atoms with van der Waals surface area (Å²) in [5.41, 5.74) is 3.86. The Labute approximate surface area is 217 Å². The van der Waals surface area contributed by atoms with Gasteiger partial charge in [0.15, 0.2) is 5.13 Å². The van der Waals surface area contributed by atoms with Crippen LogP contribution >= 0.6 is 34.5 Å². The standard InChI is InChI=1S/C25H25Cl2N5O2S/c1-13-17(27)8-9-18-20(13)29-23(28-18)19-11-16(34-4)12-32(19)24(33)21-22(35-25(30-21)31(2)3)14-6-5-7-15(26)10-14/h5-10,16,19H,11-12H2,1-4H3,(H,28,29)/t16-,19+/m1/s1. The van der Waals surface area contributed by atoms with Crippen LogP contribution in [0.3, 0.4) is 0 Å². The Balaban J connectivity index is 1.58. The normalized spacial score (nSPS) is 17.9. The molecule has 1 fully saturated rings. The zero-order valence-electron chi connectivity index (χ0n) is 19.8. The minimum atomic E-state index is -0.283. The van der Waals surface area contributed by atoms with Crippen LogP contribution in [0.25, 0.3) is 21.5 Å². The van der Waals surface area contributed by atoms with Crippen LogP contribution in [0.2, 0.25) is 10.0 Å². The first-order valence-electron chi connectivity index (χ1n) is 11.2. The number of ether oxygens (including phenoxy) is 1. The lowest BCUT2D eigenvalue weighted by Crippen LogP contribution is -2.33. The Morgan fingerprint density at radius 3 is 2.74 bits per heavy atom. The molecule has 0 spiro atoms. The van der Waals surface area contributed by atoms with E-state index in [1.807, 2.05) is 67.2 Å². The van der Waals surface area contributed by atoms with Crippen molar-refractivity contribution < 1.29 is 9.53 Å². The van der Waals surface area contributed by atoms with Gasteiger partial charge in [0, 0.05) is 44.2 Å². The van der Waals surface area contributed by atoms with Crippen molar-refractivity contribution in [2.45, 2.75) is 25.5 Å². The first kappa shape index (κ1) is 24.1.